The van der Waals surface area contributed by atoms with Crippen LogP contribution in [-0.4, -0.2) is 38.4 Å². The Labute approximate surface area is 194 Å². The molecule has 32 heavy (non-hydrogen) atoms. The number of methoxy groups -OCH3 is 1. The molecule has 2 aromatic rings. The highest BCUT2D eigenvalue weighted by Gasteiger charge is 2.37. The minimum atomic E-state index is -4.22. The largest absolute Gasteiger partial charge is 0.468 e. The van der Waals surface area contributed by atoms with Crippen LogP contribution in [0.2, 0.25) is 5.02 Å². The first-order chi connectivity index (χ1) is 15.2. The minimum Gasteiger partial charge on any atom is -0.468 e. The summed E-state index contributed by atoms with van der Waals surface area (Å²) in [6, 6.07) is 10.2. The first-order valence-electron chi connectivity index (χ1n) is 10.3. The van der Waals surface area contributed by atoms with Gasteiger partial charge in [-0.3, -0.25) is 4.79 Å². The van der Waals surface area contributed by atoms with Crippen molar-refractivity contribution in [2.75, 3.05) is 13.7 Å². The van der Waals surface area contributed by atoms with Crippen LogP contribution in [0.5, 0.6) is 11.5 Å². The molecule has 2 rings (SSSR count). The molecule has 0 radical (unpaired) electrons. The van der Waals surface area contributed by atoms with Gasteiger partial charge in [0.15, 0.2) is 0 Å². The van der Waals surface area contributed by atoms with Crippen LogP contribution in [0.4, 0.5) is 0 Å². The molecule has 0 fully saturated rings. The molecule has 0 aliphatic carbocycles. The number of halogens is 1. The number of carbonyl (C=O) groups excluding carboxylic acids is 1. The average Bonchev–Trinajstić information content (AvgIpc) is 2.75. The van der Waals surface area contributed by atoms with Crippen LogP contribution in [0.3, 0.4) is 0 Å². The highest BCUT2D eigenvalue weighted by molar-refractivity contribution is 7.89. The summed E-state index contributed by atoms with van der Waals surface area (Å²) in [5.74, 6) is -0.250. The third kappa shape index (κ3) is 6.00. The molecule has 1 atom stereocenters. The fourth-order valence-electron chi connectivity index (χ4n) is 3.26. The van der Waals surface area contributed by atoms with Crippen molar-refractivity contribution in [2.45, 2.75) is 51.0 Å². The topological polar surface area (TPSA) is 96.7 Å². The number of hydrogen-bond donors (Lipinski definition) is 0. The van der Waals surface area contributed by atoms with Gasteiger partial charge in [0.2, 0.25) is 10.0 Å². The molecule has 0 aromatic heterocycles. The van der Waals surface area contributed by atoms with E-state index in [1.54, 1.807) is 25.1 Å². The molecule has 1 unspecified atom stereocenters. The number of benzene rings is 2. The number of aryl methyl sites for hydroxylation is 1. The molecule has 0 amide bonds. The van der Waals surface area contributed by atoms with Gasteiger partial charge in [0.25, 0.3) is 0 Å². The quantitative estimate of drug-likeness (QED) is 0.443. The van der Waals surface area contributed by atoms with Crippen molar-refractivity contribution < 1.29 is 22.7 Å². The van der Waals surface area contributed by atoms with Crippen LogP contribution in [0.1, 0.15) is 44.2 Å². The van der Waals surface area contributed by atoms with Gasteiger partial charge >= 0.3 is 5.97 Å². The van der Waals surface area contributed by atoms with E-state index in [0.29, 0.717) is 17.2 Å². The van der Waals surface area contributed by atoms with Crippen LogP contribution in [-0.2, 0) is 19.6 Å². The second kappa shape index (κ2) is 11.3. The Balaban J connectivity index is 2.64. The SMILES string of the molecule is CCCCN(C(CC)C(=O)OC)S(=O)(=O)c1cc(C#N)ccc1Oc1cc(C)cc(Cl)c1. The maximum absolute atomic E-state index is 13.8. The summed E-state index contributed by atoms with van der Waals surface area (Å²) in [7, 11) is -3.00. The lowest BCUT2D eigenvalue weighted by Gasteiger charge is -2.29. The van der Waals surface area contributed by atoms with E-state index < -0.39 is 22.0 Å². The molecule has 0 spiro atoms. The molecule has 0 heterocycles. The third-order valence-electron chi connectivity index (χ3n) is 4.84. The fraction of sp³-hybridized carbons (Fsp3) is 0.391. The van der Waals surface area contributed by atoms with Gasteiger partial charge in [-0.2, -0.15) is 9.57 Å². The van der Waals surface area contributed by atoms with Gasteiger partial charge in [-0.05, 0) is 61.7 Å². The molecule has 2 aromatic carbocycles. The molecule has 0 aliphatic heterocycles. The van der Waals surface area contributed by atoms with Gasteiger partial charge in [0.05, 0.1) is 18.7 Å². The first kappa shape index (κ1) is 25.7. The zero-order chi connectivity index (χ0) is 23.9. The highest BCUT2D eigenvalue weighted by atomic mass is 35.5. The van der Waals surface area contributed by atoms with Crippen LogP contribution < -0.4 is 4.74 Å². The van der Waals surface area contributed by atoms with Gasteiger partial charge in [-0.25, -0.2) is 8.42 Å². The fourth-order valence-corrected chi connectivity index (χ4v) is 5.37. The lowest BCUT2D eigenvalue weighted by Crippen LogP contribution is -2.45. The number of carbonyl (C=O) groups is 1. The van der Waals surface area contributed by atoms with Crippen LogP contribution in [0.25, 0.3) is 0 Å². The van der Waals surface area contributed by atoms with Crippen molar-refractivity contribution in [2.24, 2.45) is 0 Å². The number of unbranched alkanes of at least 4 members (excludes halogenated alkanes) is 1. The second-order valence-corrected chi connectivity index (χ2v) is 9.55. The molecule has 172 valence electrons. The van der Waals surface area contributed by atoms with E-state index in [1.807, 2.05) is 19.9 Å². The van der Waals surface area contributed by atoms with Crippen molar-refractivity contribution in [1.29, 1.82) is 5.26 Å². The number of esters is 1. The molecule has 0 bridgehead atoms. The molecule has 0 saturated heterocycles. The van der Waals surface area contributed by atoms with E-state index in [9.17, 15) is 18.5 Å². The van der Waals surface area contributed by atoms with Gasteiger partial charge < -0.3 is 9.47 Å². The Hall–Kier alpha value is -2.60. The van der Waals surface area contributed by atoms with Crippen molar-refractivity contribution in [3.05, 3.63) is 52.5 Å². The molecular formula is C23H27ClN2O5S. The van der Waals surface area contributed by atoms with E-state index >= 15 is 0 Å². The van der Waals surface area contributed by atoms with E-state index in [4.69, 9.17) is 21.1 Å². The standard InChI is InChI=1S/C23H27ClN2O5S/c1-5-7-10-26(20(6-2)23(27)30-4)32(28,29)22-13-17(15-25)8-9-21(22)31-19-12-16(3)11-18(24)14-19/h8-9,11-14,20H,5-7,10H2,1-4H3. The minimum absolute atomic E-state index is 0.0342. The van der Waals surface area contributed by atoms with Crippen LogP contribution in [0.15, 0.2) is 41.3 Å². The lowest BCUT2D eigenvalue weighted by molar-refractivity contribution is -0.145. The zero-order valence-corrected chi connectivity index (χ0v) is 20.2. The van der Waals surface area contributed by atoms with E-state index in [1.165, 1.54) is 25.3 Å². The molecular weight excluding hydrogens is 452 g/mol. The third-order valence-corrected chi connectivity index (χ3v) is 6.99. The number of nitriles is 1. The summed E-state index contributed by atoms with van der Waals surface area (Å²) in [5, 5.41) is 9.80. The predicted octanol–water partition coefficient (Wildman–Crippen LogP) is 5.05. The van der Waals surface area contributed by atoms with Crippen molar-refractivity contribution in [3.8, 4) is 17.6 Å². The number of nitrogens with zero attached hydrogens (tertiary/aromatic N) is 2. The number of rotatable bonds is 10. The zero-order valence-electron chi connectivity index (χ0n) is 18.6. The number of sulfonamides is 1. The molecule has 0 saturated carbocycles. The predicted molar refractivity (Wildman–Crippen MR) is 122 cm³/mol. The Morgan fingerprint density at radius 1 is 1.22 bits per heavy atom. The molecule has 0 N–H and O–H groups in total. The van der Waals surface area contributed by atoms with E-state index in [2.05, 4.69) is 0 Å². The van der Waals surface area contributed by atoms with Crippen molar-refractivity contribution in [1.82, 2.24) is 4.31 Å². The highest BCUT2D eigenvalue weighted by Crippen LogP contribution is 2.34. The van der Waals surface area contributed by atoms with Gasteiger partial charge in [0, 0.05) is 11.6 Å². The average molecular weight is 479 g/mol. The van der Waals surface area contributed by atoms with Gasteiger partial charge in [-0.1, -0.05) is 31.9 Å². The summed E-state index contributed by atoms with van der Waals surface area (Å²) in [5.41, 5.74) is 0.992. The maximum atomic E-state index is 13.8. The Morgan fingerprint density at radius 3 is 2.50 bits per heavy atom. The summed E-state index contributed by atoms with van der Waals surface area (Å²) >= 11 is 6.11. The normalized spacial score (nSPS) is 12.3. The van der Waals surface area contributed by atoms with E-state index in [0.717, 1.165) is 16.3 Å². The first-order valence-corrected chi connectivity index (χ1v) is 12.1. The maximum Gasteiger partial charge on any atom is 0.324 e. The van der Waals surface area contributed by atoms with Gasteiger partial charge in [0.1, 0.15) is 22.4 Å². The Bertz CT molecular complexity index is 1090. The Morgan fingerprint density at radius 2 is 1.94 bits per heavy atom. The Kier molecular flexibility index (Phi) is 9.08. The summed E-state index contributed by atoms with van der Waals surface area (Å²) < 4.78 is 39.4. The monoisotopic (exact) mass is 478 g/mol. The molecule has 9 heteroatoms. The smallest absolute Gasteiger partial charge is 0.324 e. The summed E-state index contributed by atoms with van der Waals surface area (Å²) in [6.45, 7) is 5.60. The molecule has 0 aliphatic rings. The summed E-state index contributed by atoms with van der Waals surface area (Å²) in [4.78, 5) is 12.2. The summed E-state index contributed by atoms with van der Waals surface area (Å²) in [6.07, 6.45) is 1.51. The van der Waals surface area contributed by atoms with Crippen LogP contribution in [0, 0.1) is 18.3 Å². The second-order valence-electron chi connectivity index (χ2n) is 7.26. The lowest BCUT2D eigenvalue weighted by atomic mass is 10.2. The van der Waals surface area contributed by atoms with Gasteiger partial charge in [-0.15, -0.1) is 0 Å². The van der Waals surface area contributed by atoms with Crippen LogP contribution >= 0.6 is 11.6 Å². The number of hydrogen-bond acceptors (Lipinski definition) is 6. The number of ether oxygens (including phenoxy) is 2. The molecule has 7 nitrogen and oxygen atoms in total. The van der Waals surface area contributed by atoms with E-state index in [-0.39, 0.29) is 29.2 Å². The van der Waals surface area contributed by atoms with Crippen molar-refractivity contribution >= 4 is 27.6 Å². The van der Waals surface area contributed by atoms with Crippen molar-refractivity contribution in [3.63, 3.8) is 0 Å².